The molecule has 4 aliphatic carbocycles. The number of hydrogen-bond donors (Lipinski definition) is 3. The van der Waals surface area contributed by atoms with E-state index in [0.717, 1.165) is 29.9 Å². The first kappa shape index (κ1) is 22.4. The van der Waals surface area contributed by atoms with Crippen LogP contribution in [0.25, 0.3) is 0 Å². The normalized spacial score (nSPS) is 28.5. The van der Waals surface area contributed by atoms with Gasteiger partial charge in [-0.2, -0.15) is 0 Å². The summed E-state index contributed by atoms with van der Waals surface area (Å²) in [5.41, 5.74) is 1.99. The van der Waals surface area contributed by atoms with Crippen molar-refractivity contribution < 1.29 is 14.6 Å². The van der Waals surface area contributed by atoms with Gasteiger partial charge in [0.25, 0.3) is 5.91 Å². The Bertz CT molecular complexity index is 910. The van der Waals surface area contributed by atoms with E-state index in [0.29, 0.717) is 29.8 Å². The highest BCUT2D eigenvalue weighted by molar-refractivity contribution is 5.96. The molecule has 4 saturated carbocycles. The molecule has 6 rings (SSSR count). The van der Waals surface area contributed by atoms with Crippen molar-refractivity contribution in [1.29, 1.82) is 0 Å². The van der Waals surface area contributed by atoms with E-state index in [4.69, 9.17) is 4.74 Å². The van der Waals surface area contributed by atoms with Crippen LogP contribution in [0, 0.1) is 23.2 Å². The minimum absolute atomic E-state index is 0.164. The number of carbonyl (C=O) groups excluding carboxylic acids is 1. The Labute approximate surface area is 196 Å². The lowest BCUT2D eigenvalue weighted by Gasteiger charge is -2.57. The molecule has 1 amide bonds. The third kappa shape index (κ3) is 5.42. The van der Waals surface area contributed by atoms with Gasteiger partial charge in [0.1, 0.15) is 18.5 Å². The Kier molecular flexibility index (Phi) is 6.70. The van der Waals surface area contributed by atoms with E-state index in [9.17, 15) is 9.90 Å². The van der Waals surface area contributed by atoms with Crippen LogP contribution in [0.5, 0.6) is 5.75 Å². The summed E-state index contributed by atoms with van der Waals surface area (Å²) in [4.78, 5) is 12.7. The Morgan fingerprint density at radius 2 is 1.61 bits per heavy atom. The molecule has 4 fully saturated rings. The van der Waals surface area contributed by atoms with Gasteiger partial charge in [-0.3, -0.25) is 4.79 Å². The van der Waals surface area contributed by atoms with Gasteiger partial charge in [-0.25, -0.2) is 0 Å². The Hall–Kier alpha value is -2.37. The van der Waals surface area contributed by atoms with Crippen LogP contribution in [-0.2, 0) is 6.54 Å². The molecule has 4 aliphatic rings. The highest BCUT2D eigenvalue weighted by atomic mass is 16.5. The van der Waals surface area contributed by atoms with Crippen molar-refractivity contribution in [3.05, 3.63) is 65.7 Å². The largest absolute Gasteiger partial charge is 0.490 e. The quantitative estimate of drug-likeness (QED) is 0.510. The van der Waals surface area contributed by atoms with Crippen LogP contribution < -0.4 is 15.4 Å². The molecule has 0 radical (unpaired) electrons. The Morgan fingerprint density at radius 1 is 0.970 bits per heavy atom. The number of aliphatic hydroxyl groups is 1. The Balaban J connectivity index is 1.08. The van der Waals surface area contributed by atoms with E-state index in [-0.39, 0.29) is 12.5 Å². The fourth-order valence-electron chi connectivity index (χ4n) is 6.91. The lowest BCUT2D eigenvalue weighted by Crippen LogP contribution is -2.51. The van der Waals surface area contributed by atoms with Crippen LogP contribution in [0.4, 0.5) is 0 Å². The van der Waals surface area contributed by atoms with Gasteiger partial charge in [0.15, 0.2) is 0 Å². The summed E-state index contributed by atoms with van der Waals surface area (Å²) in [5, 5.41) is 17.0. The number of amides is 1. The summed E-state index contributed by atoms with van der Waals surface area (Å²) < 4.78 is 5.87. The van der Waals surface area contributed by atoms with Gasteiger partial charge < -0.3 is 20.5 Å². The summed E-state index contributed by atoms with van der Waals surface area (Å²) in [5.74, 6) is 3.15. The fourth-order valence-corrected chi connectivity index (χ4v) is 6.91. The number of hydrogen-bond acceptors (Lipinski definition) is 4. The van der Waals surface area contributed by atoms with Gasteiger partial charge in [0.2, 0.25) is 0 Å². The first-order valence-electron chi connectivity index (χ1n) is 12.5. The highest BCUT2D eigenvalue weighted by Gasteiger charge is 2.50. The standard InChI is InChI=1S/C28H36N2O3/c31-24(17-29-19-28-13-21-10-22(14-28)12-23(11-21)15-28)18-33-26-9-5-4-8-25(26)27(32)30-16-20-6-2-1-3-7-20/h1-9,21-24,29,31H,10-19H2,(H,30,32). The summed E-state index contributed by atoms with van der Waals surface area (Å²) in [6.07, 6.45) is 7.84. The molecule has 5 heteroatoms. The van der Waals surface area contributed by atoms with Crippen LogP contribution in [0.1, 0.15) is 54.4 Å². The number of ether oxygens (including phenoxy) is 1. The minimum Gasteiger partial charge on any atom is -0.490 e. The van der Waals surface area contributed by atoms with Crippen molar-refractivity contribution in [2.75, 3.05) is 19.7 Å². The summed E-state index contributed by atoms with van der Waals surface area (Å²) >= 11 is 0. The van der Waals surface area contributed by atoms with Crippen LogP contribution in [-0.4, -0.2) is 36.8 Å². The number of nitrogens with one attached hydrogen (secondary N) is 2. The molecule has 4 bridgehead atoms. The second-order valence-corrected chi connectivity index (χ2v) is 10.7. The zero-order valence-electron chi connectivity index (χ0n) is 19.3. The topological polar surface area (TPSA) is 70.6 Å². The van der Waals surface area contributed by atoms with Crippen molar-refractivity contribution in [2.24, 2.45) is 23.2 Å². The lowest BCUT2D eigenvalue weighted by molar-refractivity contribution is -0.0524. The number of benzene rings is 2. The van der Waals surface area contributed by atoms with Crippen LogP contribution >= 0.6 is 0 Å². The van der Waals surface area contributed by atoms with Crippen LogP contribution in [0.3, 0.4) is 0 Å². The molecule has 176 valence electrons. The maximum atomic E-state index is 12.7. The van der Waals surface area contributed by atoms with Crippen molar-refractivity contribution in [3.63, 3.8) is 0 Å². The van der Waals surface area contributed by atoms with Gasteiger partial charge in [-0.15, -0.1) is 0 Å². The van der Waals surface area contributed by atoms with Crippen molar-refractivity contribution in [3.8, 4) is 5.75 Å². The third-order valence-electron chi connectivity index (χ3n) is 7.90. The van der Waals surface area contributed by atoms with E-state index >= 15 is 0 Å². The average Bonchev–Trinajstić information content (AvgIpc) is 2.81. The van der Waals surface area contributed by atoms with Crippen LogP contribution in [0.15, 0.2) is 54.6 Å². The second kappa shape index (κ2) is 9.86. The van der Waals surface area contributed by atoms with Gasteiger partial charge in [-0.1, -0.05) is 42.5 Å². The van der Waals surface area contributed by atoms with E-state index in [1.165, 1.54) is 38.5 Å². The number of rotatable bonds is 10. The average molecular weight is 449 g/mol. The van der Waals surface area contributed by atoms with Gasteiger partial charge in [0, 0.05) is 19.6 Å². The smallest absolute Gasteiger partial charge is 0.255 e. The van der Waals surface area contributed by atoms with Crippen molar-refractivity contribution in [1.82, 2.24) is 10.6 Å². The molecule has 0 saturated heterocycles. The molecule has 2 aromatic rings. The molecular formula is C28H36N2O3. The molecule has 0 aliphatic heterocycles. The van der Waals surface area contributed by atoms with Gasteiger partial charge in [0.05, 0.1) is 5.56 Å². The predicted molar refractivity (Wildman–Crippen MR) is 129 cm³/mol. The molecule has 2 aromatic carbocycles. The molecule has 0 aromatic heterocycles. The first-order chi connectivity index (χ1) is 16.1. The van der Waals surface area contributed by atoms with Crippen LogP contribution in [0.2, 0.25) is 0 Å². The SMILES string of the molecule is O=C(NCc1ccccc1)c1ccccc1OCC(O)CNCC12CC3CC(CC(C3)C1)C2. The number of carbonyl (C=O) groups is 1. The molecular weight excluding hydrogens is 412 g/mol. The van der Waals surface area contributed by atoms with Crippen molar-refractivity contribution in [2.45, 2.75) is 51.2 Å². The van der Waals surface area contributed by atoms with E-state index < -0.39 is 6.10 Å². The zero-order chi connectivity index (χ0) is 22.7. The molecule has 0 spiro atoms. The molecule has 1 atom stereocenters. The van der Waals surface area contributed by atoms with E-state index in [1.54, 1.807) is 12.1 Å². The van der Waals surface area contributed by atoms with Gasteiger partial charge >= 0.3 is 0 Å². The maximum absolute atomic E-state index is 12.7. The number of aliphatic hydroxyl groups excluding tert-OH is 1. The zero-order valence-corrected chi connectivity index (χ0v) is 19.3. The van der Waals surface area contributed by atoms with Gasteiger partial charge in [-0.05, 0) is 79.4 Å². The molecule has 33 heavy (non-hydrogen) atoms. The summed E-state index contributed by atoms with van der Waals surface area (Å²) in [6.45, 7) is 2.15. The molecule has 5 nitrogen and oxygen atoms in total. The third-order valence-corrected chi connectivity index (χ3v) is 7.90. The lowest BCUT2D eigenvalue weighted by atomic mass is 9.49. The minimum atomic E-state index is -0.612. The van der Waals surface area contributed by atoms with Crippen molar-refractivity contribution >= 4 is 5.91 Å². The van der Waals surface area contributed by atoms with E-state index in [2.05, 4.69) is 10.6 Å². The first-order valence-corrected chi connectivity index (χ1v) is 12.5. The molecule has 3 N–H and O–H groups in total. The molecule has 0 heterocycles. The number of para-hydroxylation sites is 1. The van der Waals surface area contributed by atoms with E-state index in [1.807, 2.05) is 42.5 Å². The Morgan fingerprint density at radius 3 is 2.30 bits per heavy atom. The monoisotopic (exact) mass is 448 g/mol. The summed E-state index contributed by atoms with van der Waals surface area (Å²) in [6, 6.07) is 17.0. The summed E-state index contributed by atoms with van der Waals surface area (Å²) in [7, 11) is 0. The maximum Gasteiger partial charge on any atom is 0.255 e. The second-order valence-electron chi connectivity index (χ2n) is 10.7. The molecule has 1 unspecified atom stereocenters. The fraction of sp³-hybridized carbons (Fsp3) is 0.536. The predicted octanol–water partition coefficient (Wildman–Crippen LogP) is 4.16. The highest BCUT2D eigenvalue weighted by Crippen LogP contribution is 2.59.